The molecule has 3 rings (SSSR count). The topological polar surface area (TPSA) is 59.2 Å². The minimum Gasteiger partial charge on any atom is -0.399 e. The van der Waals surface area contributed by atoms with E-state index in [4.69, 9.17) is 5.73 Å². The van der Waals surface area contributed by atoms with Gasteiger partial charge in [-0.15, -0.1) is 11.3 Å². The summed E-state index contributed by atoms with van der Waals surface area (Å²) in [5.41, 5.74) is 8.44. The lowest BCUT2D eigenvalue weighted by atomic mass is 9.94. The van der Waals surface area contributed by atoms with Crippen molar-refractivity contribution in [2.24, 2.45) is 0 Å². The molecular weight excluding hydrogens is 306 g/mol. The van der Waals surface area contributed by atoms with Crippen LogP contribution < -0.4 is 5.73 Å². The first-order valence-corrected chi connectivity index (χ1v) is 9.07. The highest BCUT2D eigenvalue weighted by atomic mass is 32.1. The first-order valence-electron chi connectivity index (χ1n) is 8.19. The zero-order valence-corrected chi connectivity index (χ0v) is 14.3. The van der Waals surface area contributed by atoms with E-state index >= 15 is 0 Å². The van der Waals surface area contributed by atoms with E-state index in [2.05, 4.69) is 4.98 Å². The maximum atomic E-state index is 12.5. The van der Waals surface area contributed by atoms with Crippen LogP contribution in [-0.4, -0.2) is 28.9 Å². The number of anilines is 1. The quantitative estimate of drug-likeness (QED) is 0.870. The molecule has 4 nitrogen and oxygen atoms in total. The van der Waals surface area contributed by atoms with Crippen molar-refractivity contribution >= 4 is 22.9 Å². The molecule has 23 heavy (non-hydrogen) atoms. The molecule has 0 atom stereocenters. The summed E-state index contributed by atoms with van der Waals surface area (Å²) >= 11 is 1.54. The maximum absolute atomic E-state index is 12.5. The van der Waals surface area contributed by atoms with Crippen LogP contribution in [-0.2, 0) is 11.2 Å². The fourth-order valence-electron chi connectivity index (χ4n) is 3.15. The van der Waals surface area contributed by atoms with Crippen molar-refractivity contribution in [3.63, 3.8) is 0 Å². The molecule has 1 heterocycles. The average molecular weight is 329 g/mol. The Labute approximate surface area is 141 Å². The van der Waals surface area contributed by atoms with Gasteiger partial charge in [0, 0.05) is 29.7 Å². The highest BCUT2D eigenvalue weighted by Crippen LogP contribution is 2.25. The SMILES string of the molecule is CN(C(=O)Cc1nc(-c2cccc(N)c2)cs1)C1CCCCC1. The molecule has 1 saturated carbocycles. The van der Waals surface area contributed by atoms with Crippen molar-refractivity contribution in [3.05, 3.63) is 34.7 Å². The molecule has 1 amide bonds. The molecule has 1 fully saturated rings. The molecule has 0 radical (unpaired) electrons. The van der Waals surface area contributed by atoms with Crippen molar-refractivity contribution < 1.29 is 4.79 Å². The van der Waals surface area contributed by atoms with Gasteiger partial charge in [0.1, 0.15) is 5.01 Å². The summed E-state index contributed by atoms with van der Waals surface area (Å²) in [5.74, 6) is 0.172. The van der Waals surface area contributed by atoms with Crippen molar-refractivity contribution in [1.82, 2.24) is 9.88 Å². The van der Waals surface area contributed by atoms with Crippen LogP contribution in [0.1, 0.15) is 37.1 Å². The largest absolute Gasteiger partial charge is 0.399 e. The Morgan fingerprint density at radius 1 is 1.35 bits per heavy atom. The normalized spacial score (nSPS) is 15.5. The van der Waals surface area contributed by atoms with Gasteiger partial charge in [-0.2, -0.15) is 0 Å². The first kappa shape index (κ1) is 16.0. The molecule has 1 aliphatic carbocycles. The summed E-state index contributed by atoms with van der Waals surface area (Å²) in [4.78, 5) is 19.0. The predicted molar refractivity (Wildman–Crippen MR) is 95.3 cm³/mol. The number of aromatic nitrogens is 1. The van der Waals surface area contributed by atoms with Gasteiger partial charge in [-0.25, -0.2) is 4.98 Å². The van der Waals surface area contributed by atoms with Gasteiger partial charge in [0.2, 0.25) is 5.91 Å². The van der Waals surface area contributed by atoms with Gasteiger partial charge >= 0.3 is 0 Å². The first-order chi connectivity index (χ1) is 11.1. The van der Waals surface area contributed by atoms with Crippen LogP contribution in [0.15, 0.2) is 29.6 Å². The third kappa shape index (κ3) is 3.91. The number of amides is 1. The van der Waals surface area contributed by atoms with Gasteiger partial charge < -0.3 is 10.6 Å². The number of nitrogen functional groups attached to an aromatic ring is 1. The van der Waals surface area contributed by atoms with Crippen LogP contribution >= 0.6 is 11.3 Å². The highest BCUT2D eigenvalue weighted by molar-refractivity contribution is 7.10. The molecule has 1 aromatic carbocycles. The molecule has 0 aliphatic heterocycles. The number of likely N-dealkylation sites (N-methyl/N-ethyl adjacent to an activating group) is 1. The maximum Gasteiger partial charge on any atom is 0.229 e. The molecule has 5 heteroatoms. The molecule has 2 aromatic rings. The van der Waals surface area contributed by atoms with E-state index in [9.17, 15) is 4.79 Å². The second-order valence-electron chi connectivity index (χ2n) is 6.23. The van der Waals surface area contributed by atoms with E-state index in [-0.39, 0.29) is 5.91 Å². The summed E-state index contributed by atoms with van der Waals surface area (Å²) in [6.07, 6.45) is 6.43. The number of nitrogens with zero attached hydrogens (tertiary/aromatic N) is 2. The molecule has 2 N–H and O–H groups in total. The number of thiazole rings is 1. The fourth-order valence-corrected chi connectivity index (χ4v) is 3.94. The predicted octanol–water partition coefficient (Wildman–Crippen LogP) is 3.73. The van der Waals surface area contributed by atoms with E-state index in [1.807, 2.05) is 41.6 Å². The minimum atomic E-state index is 0.172. The fraction of sp³-hybridized carbons (Fsp3) is 0.444. The Kier molecular flexibility index (Phi) is 4.96. The van der Waals surface area contributed by atoms with E-state index < -0.39 is 0 Å². The number of carbonyl (C=O) groups is 1. The molecule has 0 bridgehead atoms. The van der Waals surface area contributed by atoms with Crippen LogP contribution in [0.5, 0.6) is 0 Å². The number of hydrogen-bond acceptors (Lipinski definition) is 4. The standard InChI is InChI=1S/C18H23N3OS/c1-21(15-8-3-2-4-9-15)18(22)11-17-20-16(12-23-17)13-6-5-7-14(19)10-13/h5-7,10,12,15H,2-4,8-9,11,19H2,1H3. The van der Waals surface area contributed by atoms with Gasteiger partial charge in [0.05, 0.1) is 12.1 Å². The van der Waals surface area contributed by atoms with Gasteiger partial charge in [0.25, 0.3) is 0 Å². The third-order valence-corrected chi connectivity index (χ3v) is 5.40. The summed E-state index contributed by atoms with van der Waals surface area (Å²) in [5, 5.41) is 2.87. The van der Waals surface area contributed by atoms with Crippen molar-refractivity contribution in [2.75, 3.05) is 12.8 Å². The highest BCUT2D eigenvalue weighted by Gasteiger charge is 2.22. The molecule has 0 unspecified atom stereocenters. The van der Waals surface area contributed by atoms with Crippen LogP contribution in [0.2, 0.25) is 0 Å². The van der Waals surface area contributed by atoms with Crippen LogP contribution in [0.3, 0.4) is 0 Å². The smallest absolute Gasteiger partial charge is 0.229 e. The second-order valence-corrected chi connectivity index (χ2v) is 7.17. The Balaban J connectivity index is 1.65. The molecular formula is C18H23N3OS. The molecule has 0 saturated heterocycles. The molecule has 1 aliphatic rings. The van der Waals surface area contributed by atoms with Gasteiger partial charge in [0.15, 0.2) is 0 Å². The number of benzene rings is 1. The summed E-state index contributed by atoms with van der Waals surface area (Å²) in [7, 11) is 1.94. The van der Waals surface area contributed by atoms with Crippen molar-refractivity contribution in [3.8, 4) is 11.3 Å². The lowest BCUT2D eigenvalue weighted by molar-refractivity contribution is -0.131. The van der Waals surface area contributed by atoms with E-state index in [0.717, 1.165) is 34.8 Å². The van der Waals surface area contributed by atoms with Crippen LogP contribution in [0.4, 0.5) is 5.69 Å². The van der Waals surface area contributed by atoms with Gasteiger partial charge in [-0.3, -0.25) is 4.79 Å². The average Bonchev–Trinajstić information content (AvgIpc) is 3.03. The van der Waals surface area contributed by atoms with E-state index in [1.165, 1.54) is 19.3 Å². The third-order valence-electron chi connectivity index (χ3n) is 4.55. The summed E-state index contributed by atoms with van der Waals surface area (Å²) in [6, 6.07) is 8.09. The Bertz CT molecular complexity index is 676. The Morgan fingerprint density at radius 3 is 2.87 bits per heavy atom. The lowest BCUT2D eigenvalue weighted by Gasteiger charge is -2.31. The van der Waals surface area contributed by atoms with Crippen molar-refractivity contribution in [1.29, 1.82) is 0 Å². The van der Waals surface area contributed by atoms with E-state index in [1.54, 1.807) is 11.3 Å². The summed E-state index contributed by atoms with van der Waals surface area (Å²) in [6.45, 7) is 0. The number of hydrogen-bond donors (Lipinski definition) is 1. The monoisotopic (exact) mass is 329 g/mol. The zero-order valence-electron chi connectivity index (χ0n) is 13.5. The molecule has 1 aromatic heterocycles. The van der Waals surface area contributed by atoms with Crippen LogP contribution in [0, 0.1) is 0 Å². The van der Waals surface area contributed by atoms with Crippen LogP contribution in [0.25, 0.3) is 11.3 Å². The number of rotatable bonds is 4. The second kappa shape index (κ2) is 7.13. The minimum absolute atomic E-state index is 0.172. The Morgan fingerprint density at radius 2 is 2.13 bits per heavy atom. The number of carbonyl (C=O) groups excluding carboxylic acids is 1. The number of nitrogens with two attached hydrogens (primary N) is 1. The van der Waals surface area contributed by atoms with Crippen molar-refractivity contribution in [2.45, 2.75) is 44.6 Å². The van der Waals surface area contributed by atoms with Gasteiger partial charge in [-0.05, 0) is 25.0 Å². The Hall–Kier alpha value is -1.88. The van der Waals surface area contributed by atoms with E-state index in [0.29, 0.717) is 12.5 Å². The molecule has 122 valence electrons. The molecule has 0 spiro atoms. The zero-order chi connectivity index (χ0) is 16.2. The van der Waals surface area contributed by atoms with Gasteiger partial charge in [-0.1, -0.05) is 31.4 Å². The summed E-state index contributed by atoms with van der Waals surface area (Å²) < 4.78 is 0. The lowest BCUT2D eigenvalue weighted by Crippen LogP contribution is -2.39.